The van der Waals surface area contributed by atoms with Gasteiger partial charge >= 0.3 is 5.97 Å². The fourth-order valence-electron chi connectivity index (χ4n) is 2.35. The van der Waals surface area contributed by atoms with Gasteiger partial charge in [-0.1, -0.05) is 66.7 Å². The summed E-state index contributed by atoms with van der Waals surface area (Å²) in [6.45, 7) is 0.548. The molecule has 25 heavy (non-hydrogen) atoms. The van der Waals surface area contributed by atoms with Crippen molar-refractivity contribution in [1.82, 2.24) is 0 Å². The number of ether oxygens (including phenoxy) is 1. The summed E-state index contributed by atoms with van der Waals surface area (Å²) in [5, 5.41) is 8.90. The van der Waals surface area contributed by atoms with Crippen molar-refractivity contribution < 1.29 is 14.6 Å². The molecular formula is C22H18O3. The summed E-state index contributed by atoms with van der Waals surface area (Å²) >= 11 is 0. The molecule has 0 aliphatic heterocycles. The van der Waals surface area contributed by atoms with E-state index in [9.17, 15) is 4.79 Å². The second kappa shape index (κ2) is 7.97. The van der Waals surface area contributed by atoms with Gasteiger partial charge in [0.25, 0.3) is 0 Å². The molecule has 0 aliphatic rings. The van der Waals surface area contributed by atoms with E-state index < -0.39 is 5.97 Å². The summed E-state index contributed by atoms with van der Waals surface area (Å²) in [6, 6.07) is 24.7. The third-order valence-electron chi connectivity index (χ3n) is 3.75. The van der Waals surface area contributed by atoms with Gasteiger partial charge in [0, 0.05) is 0 Å². The van der Waals surface area contributed by atoms with E-state index in [1.54, 1.807) is 24.3 Å². The lowest BCUT2D eigenvalue weighted by atomic mass is 10.1. The molecule has 0 heterocycles. The molecule has 0 bridgehead atoms. The first kappa shape index (κ1) is 16.5. The second-order valence-corrected chi connectivity index (χ2v) is 5.60. The third-order valence-corrected chi connectivity index (χ3v) is 3.75. The molecule has 3 aromatic carbocycles. The zero-order chi connectivity index (χ0) is 17.5. The van der Waals surface area contributed by atoms with E-state index in [0.29, 0.717) is 6.61 Å². The summed E-state index contributed by atoms with van der Waals surface area (Å²) in [7, 11) is 0. The van der Waals surface area contributed by atoms with Gasteiger partial charge in [-0.3, -0.25) is 0 Å². The Morgan fingerprint density at radius 2 is 1.36 bits per heavy atom. The smallest absolute Gasteiger partial charge is 0.335 e. The lowest BCUT2D eigenvalue weighted by Gasteiger charge is -2.06. The molecule has 0 unspecified atom stereocenters. The van der Waals surface area contributed by atoms with E-state index in [-0.39, 0.29) is 5.56 Å². The Hall–Kier alpha value is -3.33. The molecule has 124 valence electrons. The number of carbonyl (C=O) groups is 1. The van der Waals surface area contributed by atoms with Gasteiger partial charge in [0.1, 0.15) is 12.4 Å². The molecule has 0 saturated carbocycles. The molecule has 3 nitrogen and oxygen atoms in total. The minimum Gasteiger partial charge on any atom is -0.489 e. The Morgan fingerprint density at radius 1 is 0.800 bits per heavy atom. The Morgan fingerprint density at radius 3 is 1.92 bits per heavy atom. The van der Waals surface area contributed by atoms with Crippen LogP contribution in [0, 0.1) is 0 Å². The predicted molar refractivity (Wildman–Crippen MR) is 99.5 cm³/mol. The third kappa shape index (κ3) is 4.82. The van der Waals surface area contributed by atoms with Gasteiger partial charge in [0.2, 0.25) is 0 Å². The van der Waals surface area contributed by atoms with Crippen LogP contribution >= 0.6 is 0 Å². The van der Waals surface area contributed by atoms with Crippen molar-refractivity contribution in [3.8, 4) is 5.75 Å². The molecule has 0 saturated heterocycles. The number of carboxylic acid groups (broad SMARTS) is 1. The van der Waals surface area contributed by atoms with Crippen molar-refractivity contribution in [3.05, 3.63) is 101 Å². The largest absolute Gasteiger partial charge is 0.489 e. The lowest BCUT2D eigenvalue weighted by molar-refractivity contribution is 0.0697. The highest BCUT2D eigenvalue weighted by Crippen LogP contribution is 2.16. The summed E-state index contributed by atoms with van der Waals surface area (Å²) in [5.41, 5.74) is 3.43. The Balaban J connectivity index is 1.59. The molecule has 0 atom stereocenters. The van der Waals surface area contributed by atoms with Crippen LogP contribution in [0.4, 0.5) is 0 Å². The van der Waals surface area contributed by atoms with E-state index >= 15 is 0 Å². The maximum Gasteiger partial charge on any atom is 0.335 e. The topological polar surface area (TPSA) is 46.5 Å². The van der Waals surface area contributed by atoms with Crippen LogP contribution in [0.5, 0.6) is 5.75 Å². The highest BCUT2D eigenvalue weighted by Gasteiger charge is 2.00. The van der Waals surface area contributed by atoms with Crippen molar-refractivity contribution in [3.63, 3.8) is 0 Å². The number of aromatic carboxylic acids is 1. The number of hydrogen-bond donors (Lipinski definition) is 1. The standard InChI is InChI=1S/C22H18O3/c23-22(24)20-12-8-17(9-13-20)6-7-18-10-14-21(15-11-18)25-16-19-4-2-1-3-5-19/h1-15H,16H2,(H,23,24)/b7-6-. The van der Waals surface area contributed by atoms with Crippen molar-refractivity contribution in [2.45, 2.75) is 6.61 Å². The summed E-state index contributed by atoms with van der Waals surface area (Å²) in [4.78, 5) is 10.8. The maximum absolute atomic E-state index is 10.8. The van der Waals surface area contributed by atoms with Crippen molar-refractivity contribution in [2.24, 2.45) is 0 Å². The van der Waals surface area contributed by atoms with Gasteiger partial charge < -0.3 is 9.84 Å². The molecule has 0 amide bonds. The van der Waals surface area contributed by atoms with Gasteiger partial charge in [-0.25, -0.2) is 4.79 Å². The van der Waals surface area contributed by atoms with Gasteiger partial charge in [-0.05, 0) is 41.0 Å². The SMILES string of the molecule is O=C(O)c1ccc(/C=C\c2ccc(OCc3ccccc3)cc2)cc1. The second-order valence-electron chi connectivity index (χ2n) is 5.60. The zero-order valence-electron chi connectivity index (χ0n) is 13.6. The average molecular weight is 330 g/mol. The van der Waals surface area contributed by atoms with Crippen LogP contribution < -0.4 is 4.74 Å². The van der Waals surface area contributed by atoms with Crippen LogP contribution in [0.25, 0.3) is 12.2 Å². The van der Waals surface area contributed by atoms with Crippen LogP contribution in [0.1, 0.15) is 27.0 Å². The molecule has 0 aromatic heterocycles. The van der Waals surface area contributed by atoms with Crippen LogP contribution in [0.3, 0.4) is 0 Å². The van der Waals surface area contributed by atoms with Crippen molar-refractivity contribution in [1.29, 1.82) is 0 Å². The Labute approximate surface area is 146 Å². The first-order valence-corrected chi connectivity index (χ1v) is 7.99. The van der Waals surface area contributed by atoms with E-state index in [2.05, 4.69) is 0 Å². The fourth-order valence-corrected chi connectivity index (χ4v) is 2.35. The summed E-state index contributed by atoms with van der Waals surface area (Å²) in [5.74, 6) is -0.0894. The van der Waals surface area contributed by atoms with E-state index in [1.807, 2.05) is 66.7 Å². The first-order chi connectivity index (χ1) is 12.2. The molecule has 3 rings (SSSR count). The van der Waals surface area contributed by atoms with Crippen LogP contribution in [-0.4, -0.2) is 11.1 Å². The molecule has 3 heteroatoms. The highest BCUT2D eigenvalue weighted by molar-refractivity contribution is 5.88. The number of carboxylic acids is 1. The monoisotopic (exact) mass is 330 g/mol. The minimum absolute atomic E-state index is 0.289. The first-order valence-electron chi connectivity index (χ1n) is 7.99. The molecule has 0 aliphatic carbocycles. The predicted octanol–water partition coefficient (Wildman–Crippen LogP) is 5.13. The zero-order valence-corrected chi connectivity index (χ0v) is 13.6. The quantitative estimate of drug-likeness (QED) is 0.637. The van der Waals surface area contributed by atoms with Crippen LogP contribution in [0.15, 0.2) is 78.9 Å². The molecule has 0 radical (unpaired) electrons. The fraction of sp³-hybridized carbons (Fsp3) is 0.0455. The normalized spacial score (nSPS) is 10.7. The van der Waals surface area contributed by atoms with Gasteiger partial charge in [-0.15, -0.1) is 0 Å². The Bertz CT molecular complexity index is 848. The van der Waals surface area contributed by atoms with Crippen LogP contribution in [0.2, 0.25) is 0 Å². The molecular weight excluding hydrogens is 312 g/mol. The van der Waals surface area contributed by atoms with Crippen LogP contribution in [-0.2, 0) is 6.61 Å². The Kier molecular flexibility index (Phi) is 5.27. The molecule has 0 fully saturated rings. The van der Waals surface area contributed by atoms with E-state index in [4.69, 9.17) is 9.84 Å². The van der Waals surface area contributed by atoms with Crippen molar-refractivity contribution in [2.75, 3.05) is 0 Å². The van der Waals surface area contributed by atoms with Gasteiger partial charge in [0.05, 0.1) is 5.56 Å². The maximum atomic E-state index is 10.8. The molecule has 3 aromatic rings. The summed E-state index contributed by atoms with van der Waals surface area (Å²) in [6.07, 6.45) is 3.93. The number of rotatable bonds is 6. The van der Waals surface area contributed by atoms with Gasteiger partial charge in [-0.2, -0.15) is 0 Å². The number of hydrogen-bond acceptors (Lipinski definition) is 2. The molecule has 0 spiro atoms. The van der Waals surface area contributed by atoms with Gasteiger partial charge in [0.15, 0.2) is 0 Å². The van der Waals surface area contributed by atoms with E-state index in [1.165, 1.54) is 0 Å². The number of benzene rings is 3. The average Bonchev–Trinajstić information content (AvgIpc) is 2.67. The summed E-state index contributed by atoms with van der Waals surface area (Å²) < 4.78 is 5.77. The molecule has 1 N–H and O–H groups in total. The van der Waals surface area contributed by atoms with E-state index in [0.717, 1.165) is 22.4 Å². The minimum atomic E-state index is -0.915. The highest BCUT2D eigenvalue weighted by atomic mass is 16.5. The van der Waals surface area contributed by atoms with Crippen molar-refractivity contribution >= 4 is 18.1 Å². The lowest BCUT2D eigenvalue weighted by Crippen LogP contribution is -1.94.